The van der Waals surface area contributed by atoms with E-state index in [1.807, 2.05) is 6.92 Å². The highest BCUT2D eigenvalue weighted by molar-refractivity contribution is 6.12. The minimum absolute atomic E-state index is 0.00169. The molecule has 1 aliphatic rings. The number of pyridine rings is 1. The summed E-state index contributed by atoms with van der Waals surface area (Å²) >= 11 is 0. The number of alkyl halides is 3. The quantitative estimate of drug-likeness (QED) is 0.450. The number of hydrogen-bond donors (Lipinski definition) is 3. The van der Waals surface area contributed by atoms with E-state index in [1.165, 1.54) is 6.07 Å². The van der Waals surface area contributed by atoms with Gasteiger partial charge in [-0.15, -0.1) is 0 Å². The normalized spacial score (nSPS) is 18.3. The SMILES string of the molecule is Cc1cnc(C2CCC2c2nc(NC(C)c3ccc(C(F)(F)F)nc3)c(C(=N)C#N)c(=O)[nH]2)nc1. The Bertz CT molecular complexity index is 1340. The molecule has 3 heterocycles. The molecule has 0 spiro atoms. The van der Waals surface area contributed by atoms with Crippen molar-refractivity contribution < 1.29 is 13.2 Å². The Labute approximate surface area is 198 Å². The molecule has 0 bridgehead atoms. The predicted molar refractivity (Wildman–Crippen MR) is 120 cm³/mol. The number of nitrogens with one attached hydrogen (secondary N) is 3. The van der Waals surface area contributed by atoms with Gasteiger partial charge < -0.3 is 10.3 Å². The largest absolute Gasteiger partial charge is 0.433 e. The molecular formula is C23H21F3N8O. The van der Waals surface area contributed by atoms with Gasteiger partial charge in [0.2, 0.25) is 0 Å². The highest BCUT2D eigenvalue weighted by Crippen LogP contribution is 2.46. The molecule has 0 aromatic carbocycles. The summed E-state index contributed by atoms with van der Waals surface area (Å²) in [4.78, 5) is 32.3. The fourth-order valence-corrected chi connectivity index (χ4v) is 3.91. The Kier molecular flexibility index (Phi) is 6.34. The van der Waals surface area contributed by atoms with Gasteiger partial charge in [-0.05, 0) is 43.9 Å². The highest BCUT2D eigenvalue weighted by atomic mass is 19.4. The molecule has 3 aromatic rings. The lowest BCUT2D eigenvalue weighted by Gasteiger charge is -2.34. The number of nitriles is 1. The van der Waals surface area contributed by atoms with Gasteiger partial charge in [0, 0.05) is 30.4 Å². The Morgan fingerprint density at radius 1 is 1.20 bits per heavy atom. The number of rotatable bonds is 6. The summed E-state index contributed by atoms with van der Waals surface area (Å²) in [7, 11) is 0. The minimum atomic E-state index is -4.56. The second-order valence-corrected chi connectivity index (χ2v) is 8.41. The average Bonchev–Trinajstić information content (AvgIpc) is 2.78. The standard InChI is InChI=1S/C23H21F3N8O/c1-11-8-30-19(31-9-11)14-4-5-15(14)20-33-21(18(16(28)7-27)22(35)34-20)32-12(2)13-3-6-17(29-10-13)23(24,25)26/h3,6,8-10,12,14-15,28H,4-5H2,1-2H3,(H2,32,33,34,35). The first-order valence-electron chi connectivity index (χ1n) is 10.8. The minimum Gasteiger partial charge on any atom is -0.363 e. The Morgan fingerprint density at radius 3 is 2.43 bits per heavy atom. The van der Waals surface area contributed by atoms with Gasteiger partial charge in [0.1, 0.15) is 40.5 Å². The summed E-state index contributed by atoms with van der Waals surface area (Å²) < 4.78 is 38.5. The second-order valence-electron chi connectivity index (χ2n) is 8.41. The van der Waals surface area contributed by atoms with Crippen molar-refractivity contribution in [1.29, 1.82) is 10.7 Å². The fraction of sp³-hybridized carbons (Fsp3) is 0.348. The van der Waals surface area contributed by atoms with Crippen LogP contribution in [0.15, 0.2) is 35.5 Å². The topological polar surface area (TPSA) is 144 Å². The van der Waals surface area contributed by atoms with Crippen LogP contribution in [0.5, 0.6) is 0 Å². The lowest BCUT2D eigenvalue weighted by Crippen LogP contribution is -2.30. The van der Waals surface area contributed by atoms with Gasteiger partial charge in [-0.25, -0.2) is 15.0 Å². The summed E-state index contributed by atoms with van der Waals surface area (Å²) in [5, 5.41) is 20.1. The van der Waals surface area contributed by atoms with Crippen LogP contribution in [0, 0.1) is 23.7 Å². The summed E-state index contributed by atoms with van der Waals surface area (Å²) in [5.41, 5.74) is -1.18. The van der Waals surface area contributed by atoms with Crippen LogP contribution in [0.25, 0.3) is 0 Å². The maximum atomic E-state index is 12.9. The molecule has 0 saturated heterocycles. The number of nitrogens with zero attached hydrogens (tertiary/aromatic N) is 5. The molecule has 0 amide bonds. The third-order valence-corrected chi connectivity index (χ3v) is 5.99. The molecule has 12 heteroatoms. The summed E-state index contributed by atoms with van der Waals surface area (Å²) in [6.45, 7) is 3.54. The fourth-order valence-electron chi connectivity index (χ4n) is 3.91. The van der Waals surface area contributed by atoms with E-state index in [0.717, 1.165) is 30.7 Å². The van der Waals surface area contributed by atoms with Crippen molar-refractivity contribution in [2.75, 3.05) is 5.32 Å². The van der Waals surface area contributed by atoms with E-state index < -0.39 is 29.2 Å². The molecule has 9 nitrogen and oxygen atoms in total. The van der Waals surface area contributed by atoms with Crippen LogP contribution >= 0.6 is 0 Å². The molecule has 1 saturated carbocycles. The summed E-state index contributed by atoms with van der Waals surface area (Å²) in [6.07, 6.45) is 1.51. The molecule has 3 unspecified atom stereocenters. The highest BCUT2D eigenvalue weighted by Gasteiger charge is 2.38. The summed E-state index contributed by atoms with van der Waals surface area (Å²) in [6, 6.07) is 3.16. The monoisotopic (exact) mass is 482 g/mol. The number of aromatic amines is 1. The van der Waals surface area contributed by atoms with Crippen LogP contribution in [0.4, 0.5) is 19.0 Å². The number of hydrogen-bond acceptors (Lipinski definition) is 8. The Morgan fingerprint density at radius 2 is 1.89 bits per heavy atom. The van der Waals surface area contributed by atoms with Crippen molar-refractivity contribution >= 4 is 11.5 Å². The zero-order valence-corrected chi connectivity index (χ0v) is 18.8. The molecule has 3 atom stereocenters. The zero-order chi connectivity index (χ0) is 25.3. The van der Waals surface area contributed by atoms with Gasteiger partial charge in [-0.1, -0.05) is 6.07 Å². The van der Waals surface area contributed by atoms with E-state index in [9.17, 15) is 23.2 Å². The molecule has 35 heavy (non-hydrogen) atoms. The Balaban J connectivity index is 1.66. The lowest BCUT2D eigenvalue weighted by molar-refractivity contribution is -0.141. The molecule has 1 aliphatic carbocycles. The second kappa shape index (κ2) is 9.25. The van der Waals surface area contributed by atoms with E-state index in [2.05, 4.69) is 30.2 Å². The van der Waals surface area contributed by atoms with Gasteiger partial charge in [-0.2, -0.15) is 18.4 Å². The third kappa shape index (κ3) is 4.89. The van der Waals surface area contributed by atoms with Crippen molar-refractivity contribution in [3.63, 3.8) is 0 Å². The van der Waals surface area contributed by atoms with Crippen LogP contribution in [0.2, 0.25) is 0 Å². The van der Waals surface area contributed by atoms with Crippen molar-refractivity contribution in [1.82, 2.24) is 24.9 Å². The van der Waals surface area contributed by atoms with Crippen molar-refractivity contribution in [3.05, 3.63) is 75.1 Å². The van der Waals surface area contributed by atoms with Gasteiger partial charge >= 0.3 is 6.18 Å². The van der Waals surface area contributed by atoms with Crippen LogP contribution in [-0.4, -0.2) is 30.6 Å². The Hall–Kier alpha value is -4.14. The molecule has 1 fully saturated rings. The van der Waals surface area contributed by atoms with Crippen molar-refractivity contribution in [3.8, 4) is 6.07 Å². The number of halogens is 3. The third-order valence-electron chi connectivity index (χ3n) is 5.99. The van der Waals surface area contributed by atoms with E-state index in [-0.39, 0.29) is 23.2 Å². The molecule has 3 N–H and O–H groups in total. The zero-order valence-electron chi connectivity index (χ0n) is 18.8. The van der Waals surface area contributed by atoms with Gasteiger partial charge in [0.05, 0.1) is 6.04 Å². The van der Waals surface area contributed by atoms with E-state index in [1.54, 1.807) is 25.4 Å². The van der Waals surface area contributed by atoms with Crippen molar-refractivity contribution in [2.45, 2.75) is 50.7 Å². The molecular weight excluding hydrogens is 461 g/mol. The molecule has 0 radical (unpaired) electrons. The van der Waals surface area contributed by atoms with E-state index in [4.69, 9.17) is 5.41 Å². The van der Waals surface area contributed by atoms with Gasteiger partial charge in [-0.3, -0.25) is 15.2 Å². The smallest absolute Gasteiger partial charge is 0.363 e. The number of aryl methyl sites for hydroxylation is 1. The van der Waals surface area contributed by atoms with Crippen molar-refractivity contribution in [2.24, 2.45) is 0 Å². The number of anilines is 1. The van der Waals surface area contributed by atoms with Crippen LogP contribution in [-0.2, 0) is 6.18 Å². The van der Waals surface area contributed by atoms with Gasteiger partial charge in [0.15, 0.2) is 0 Å². The average molecular weight is 482 g/mol. The first-order chi connectivity index (χ1) is 16.6. The van der Waals surface area contributed by atoms with E-state index in [0.29, 0.717) is 17.2 Å². The number of H-pyrrole nitrogens is 1. The first kappa shape index (κ1) is 24.0. The van der Waals surface area contributed by atoms with Crippen LogP contribution in [0.1, 0.15) is 71.7 Å². The molecule has 0 aliphatic heterocycles. The lowest BCUT2D eigenvalue weighted by atomic mass is 9.72. The van der Waals surface area contributed by atoms with Gasteiger partial charge in [0.25, 0.3) is 5.56 Å². The first-order valence-corrected chi connectivity index (χ1v) is 10.8. The predicted octanol–water partition coefficient (Wildman–Crippen LogP) is 4.01. The maximum absolute atomic E-state index is 12.9. The molecule has 4 rings (SSSR count). The van der Waals surface area contributed by atoms with Crippen LogP contribution < -0.4 is 10.9 Å². The summed E-state index contributed by atoms with van der Waals surface area (Å²) in [5.74, 6) is 0.786. The van der Waals surface area contributed by atoms with E-state index >= 15 is 0 Å². The number of aromatic nitrogens is 5. The van der Waals surface area contributed by atoms with Crippen LogP contribution in [0.3, 0.4) is 0 Å². The molecule has 3 aromatic heterocycles. The maximum Gasteiger partial charge on any atom is 0.433 e. The molecule has 180 valence electrons.